The van der Waals surface area contributed by atoms with E-state index in [1.54, 1.807) is 65.8 Å². The number of thiophene rings is 1. The molecule has 0 saturated carbocycles. The molecule has 284 valence electrons. The van der Waals surface area contributed by atoms with Gasteiger partial charge in [-0.3, -0.25) is 19.6 Å². The smallest absolute Gasteiger partial charge is 0.260 e. The Bertz CT molecular complexity index is 2160. The second kappa shape index (κ2) is 17.1. The summed E-state index contributed by atoms with van der Waals surface area (Å²) in [7, 11) is 5.03. The van der Waals surface area contributed by atoms with Crippen LogP contribution in [0.15, 0.2) is 88.4 Å². The van der Waals surface area contributed by atoms with Gasteiger partial charge in [-0.2, -0.15) is 0 Å². The largest absolute Gasteiger partial charge is 0.493 e. The minimum atomic E-state index is -0.152. The number of rotatable bonds is 15. The van der Waals surface area contributed by atoms with Gasteiger partial charge in [0, 0.05) is 61.0 Å². The molecule has 3 aromatic carbocycles. The maximum Gasteiger partial charge on any atom is 0.260 e. The second-order valence-electron chi connectivity index (χ2n) is 13.3. The van der Waals surface area contributed by atoms with Crippen LogP contribution >= 0.6 is 11.3 Å². The minimum absolute atomic E-state index is 0.106. The molecule has 0 radical (unpaired) electrons. The van der Waals surface area contributed by atoms with E-state index in [4.69, 9.17) is 23.9 Å². The van der Waals surface area contributed by atoms with Crippen molar-refractivity contribution >= 4 is 63.8 Å². The highest BCUT2D eigenvalue weighted by molar-refractivity contribution is 7.11. The lowest BCUT2D eigenvalue weighted by molar-refractivity contribution is 0.0815. The van der Waals surface area contributed by atoms with Crippen molar-refractivity contribution in [1.29, 1.82) is 0 Å². The van der Waals surface area contributed by atoms with E-state index in [0.717, 1.165) is 59.4 Å². The highest BCUT2D eigenvalue weighted by atomic mass is 32.1. The number of unbranched alkanes of at least 4 members (excludes halogenated alkanes) is 2. The summed E-state index contributed by atoms with van der Waals surface area (Å²) in [6.45, 7) is 3.34. The Balaban J connectivity index is 0.928. The van der Waals surface area contributed by atoms with E-state index in [0.29, 0.717) is 65.3 Å². The first-order valence-corrected chi connectivity index (χ1v) is 19.4. The molecule has 11 nitrogen and oxygen atoms in total. The van der Waals surface area contributed by atoms with E-state index in [-0.39, 0.29) is 17.9 Å². The van der Waals surface area contributed by atoms with Gasteiger partial charge in [-0.05, 0) is 78.1 Å². The molecule has 0 fully saturated rings. The summed E-state index contributed by atoms with van der Waals surface area (Å²) >= 11 is 1.67. The summed E-state index contributed by atoms with van der Waals surface area (Å²) in [5, 5.41) is 5.18. The lowest BCUT2D eigenvalue weighted by Gasteiger charge is -2.19. The average Bonchev–Trinajstić information content (AvgIpc) is 3.86. The number of nitrogens with one attached hydrogen (secondary N) is 1. The summed E-state index contributed by atoms with van der Waals surface area (Å²) in [5.41, 5.74) is 6.33. The number of allylic oxidation sites excluding steroid dienone is 1. The predicted molar refractivity (Wildman–Crippen MR) is 219 cm³/mol. The monoisotopic (exact) mass is 759 g/mol. The van der Waals surface area contributed by atoms with Crippen LogP contribution in [0.3, 0.4) is 0 Å². The predicted octanol–water partition coefficient (Wildman–Crippen LogP) is 9.02. The van der Waals surface area contributed by atoms with Crippen LogP contribution < -0.4 is 24.3 Å². The van der Waals surface area contributed by atoms with E-state index in [1.807, 2.05) is 49.2 Å². The zero-order chi connectivity index (χ0) is 38.3. The first-order chi connectivity index (χ1) is 26.9. The molecule has 0 spiro atoms. The number of amides is 2. The van der Waals surface area contributed by atoms with Crippen molar-refractivity contribution in [1.82, 2.24) is 9.80 Å². The number of hydrogen-bond acceptors (Lipinski definition) is 10. The quantitative estimate of drug-likeness (QED) is 0.120. The standard InChI is InChI=1S/C43H45N5O6S/c1-5-28(29-11-13-31(44-2)14-12-29)26-47-16-15-45-35-23-39(37(51-3)21-33(35)42(47)49)53-17-7-6-8-18-54-40-24-36-34(22-38(40)52-4)43(50)48-27-30(20-32(48)25-46-36)41-10-9-19-55-41/h9-15,19,21-27,32,44H,5-8,16-18,20H2,1-4H3/b28-26+/t32-/m0/s1. The normalized spacial score (nSPS) is 16.2. The van der Waals surface area contributed by atoms with E-state index >= 15 is 0 Å². The van der Waals surface area contributed by atoms with Gasteiger partial charge in [-0.15, -0.1) is 11.3 Å². The zero-order valence-electron chi connectivity index (χ0n) is 31.5. The van der Waals surface area contributed by atoms with E-state index in [2.05, 4.69) is 35.4 Å². The molecule has 0 saturated heterocycles. The van der Waals surface area contributed by atoms with Crippen molar-refractivity contribution in [2.45, 2.75) is 45.1 Å². The summed E-state index contributed by atoms with van der Waals surface area (Å²) in [6, 6.07) is 19.1. The van der Waals surface area contributed by atoms with Crippen LogP contribution in [0.5, 0.6) is 23.0 Å². The fraction of sp³-hybridized carbons (Fsp3) is 0.302. The first kappa shape index (κ1) is 37.4. The lowest BCUT2D eigenvalue weighted by atomic mass is 10.0. The van der Waals surface area contributed by atoms with Gasteiger partial charge < -0.3 is 34.1 Å². The van der Waals surface area contributed by atoms with Gasteiger partial charge in [0.1, 0.15) is 0 Å². The summed E-state index contributed by atoms with van der Waals surface area (Å²) in [4.78, 5) is 41.3. The molecule has 4 heterocycles. The lowest BCUT2D eigenvalue weighted by Crippen LogP contribution is -2.32. The van der Waals surface area contributed by atoms with Crippen LogP contribution in [0.2, 0.25) is 0 Å². The van der Waals surface area contributed by atoms with E-state index in [9.17, 15) is 9.59 Å². The highest BCUT2D eigenvalue weighted by Crippen LogP contribution is 2.41. The Kier molecular flexibility index (Phi) is 11.6. The molecular weight excluding hydrogens is 715 g/mol. The molecule has 55 heavy (non-hydrogen) atoms. The van der Waals surface area contributed by atoms with Crippen LogP contribution in [0.25, 0.3) is 11.1 Å². The van der Waals surface area contributed by atoms with Crippen molar-refractivity contribution in [2.75, 3.05) is 46.3 Å². The van der Waals surface area contributed by atoms with Gasteiger partial charge in [-0.1, -0.05) is 25.1 Å². The van der Waals surface area contributed by atoms with Gasteiger partial charge in [0.2, 0.25) is 0 Å². The Labute approximate surface area is 325 Å². The molecule has 1 N–H and O–H groups in total. The van der Waals surface area contributed by atoms with Gasteiger partial charge in [-0.25, -0.2) is 0 Å². The number of nitrogens with zero attached hydrogens (tertiary/aromatic N) is 4. The summed E-state index contributed by atoms with van der Waals surface area (Å²) in [6.07, 6.45) is 11.4. The molecule has 2 amide bonds. The number of methoxy groups -OCH3 is 2. The van der Waals surface area contributed by atoms with Crippen molar-refractivity contribution in [3.63, 3.8) is 0 Å². The van der Waals surface area contributed by atoms with Crippen molar-refractivity contribution < 1.29 is 28.5 Å². The van der Waals surface area contributed by atoms with Crippen molar-refractivity contribution in [3.05, 3.63) is 100 Å². The van der Waals surface area contributed by atoms with Crippen LogP contribution in [0.1, 0.15) is 70.2 Å². The number of ether oxygens (including phenoxy) is 4. The van der Waals surface area contributed by atoms with Crippen molar-refractivity contribution in [3.8, 4) is 23.0 Å². The molecule has 3 aliphatic rings. The maximum atomic E-state index is 13.7. The number of benzene rings is 3. The van der Waals surface area contributed by atoms with E-state index in [1.165, 1.54) is 0 Å². The van der Waals surface area contributed by atoms with Gasteiger partial charge >= 0.3 is 0 Å². The molecule has 7 rings (SSSR count). The minimum Gasteiger partial charge on any atom is -0.493 e. The topological polar surface area (TPSA) is 114 Å². The molecule has 0 bridgehead atoms. The zero-order valence-corrected chi connectivity index (χ0v) is 32.4. The Morgan fingerprint density at radius 1 is 0.873 bits per heavy atom. The van der Waals surface area contributed by atoms with Gasteiger partial charge in [0.15, 0.2) is 23.0 Å². The first-order valence-electron chi connectivity index (χ1n) is 18.5. The Hall–Kier alpha value is -5.88. The van der Waals surface area contributed by atoms with Crippen LogP contribution in [0, 0.1) is 0 Å². The average molecular weight is 760 g/mol. The number of carbonyl (C=O) groups is 2. The molecule has 0 unspecified atom stereocenters. The van der Waals surface area contributed by atoms with Gasteiger partial charge in [0.05, 0.1) is 62.5 Å². The molecule has 0 aliphatic carbocycles. The number of aliphatic imine (C=N–C) groups is 2. The fourth-order valence-electron chi connectivity index (χ4n) is 6.83. The molecule has 3 aliphatic heterocycles. The summed E-state index contributed by atoms with van der Waals surface area (Å²) < 4.78 is 23.6. The molecule has 12 heteroatoms. The number of anilines is 1. The number of fused-ring (bicyclic) bond motifs is 3. The molecule has 1 aromatic heterocycles. The number of carbonyl (C=O) groups excluding carboxylic acids is 2. The van der Waals surface area contributed by atoms with Crippen LogP contribution in [0.4, 0.5) is 17.1 Å². The number of hydrogen-bond donors (Lipinski definition) is 1. The second-order valence-corrected chi connectivity index (χ2v) is 14.2. The fourth-order valence-corrected chi connectivity index (χ4v) is 7.58. The van der Waals surface area contributed by atoms with Crippen molar-refractivity contribution in [2.24, 2.45) is 9.98 Å². The Morgan fingerprint density at radius 3 is 2.16 bits per heavy atom. The SMILES string of the molecule is CC/C(=C\N1CC=Nc2cc(OCCCCCOc3cc4c(cc3OC)C(=O)N3C=C(c5cccs5)C[C@H]3C=N4)c(OC)cc2C1=O)c1ccc(NC)cc1. The van der Waals surface area contributed by atoms with Gasteiger partial charge in [0.25, 0.3) is 11.8 Å². The highest BCUT2D eigenvalue weighted by Gasteiger charge is 2.33. The molecular formula is C43H45N5O6S. The Morgan fingerprint density at radius 2 is 1.55 bits per heavy atom. The summed E-state index contributed by atoms with van der Waals surface area (Å²) in [5.74, 6) is 1.80. The molecule has 1 atom stereocenters. The third-order valence-electron chi connectivity index (χ3n) is 9.87. The third kappa shape index (κ3) is 8.14. The molecule has 4 aromatic rings. The van der Waals surface area contributed by atoms with Crippen LogP contribution in [-0.2, 0) is 0 Å². The van der Waals surface area contributed by atoms with Crippen LogP contribution in [-0.4, -0.2) is 81.1 Å². The third-order valence-corrected chi connectivity index (χ3v) is 10.8. The maximum absolute atomic E-state index is 13.7. The van der Waals surface area contributed by atoms with E-state index < -0.39 is 0 Å².